The highest BCUT2D eigenvalue weighted by atomic mass is 32.2. The van der Waals surface area contributed by atoms with Crippen LogP contribution >= 0.6 is 0 Å². The second-order valence-corrected chi connectivity index (χ2v) is 11.2. The normalized spacial score (nSPS) is 11.9. The average Bonchev–Trinajstić information content (AvgIpc) is 2.94. The molecule has 39 heavy (non-hydrogen) atoms. The predicted molar refractivity (Wildman–Crippen MR) is 153 cm³/mol. The monoisotopic (exact) mass is 551 g/mol. The molecular formula is C30H37N3O5S. The minimum atomic E-state index is -4.17. The third kappa shape index (κ3) is 7.17. The van der Waals surface area contributed by atoms with E-state index in [4.69, 9.17) is 4.74 Å². The summed E-state index contributed by atoms with van der Waals surface area (Å²) in [4.78, 5) is 28.3. The van der Waals surface area contributed by atoms with Gasteiger partial charge in [0.2, 0.25) is 11.8 Å². The van der Waals surface area contributed by atoms with Gasteiger partial charge < -0.3 is 15.0 Å². The van der Waals surface area contributed by atoms with Crippen molar-refractivity contribution in [2.24, 2.45) is 0 Å². The average molecular weight is 552 g/mol. The van der Waals surface area contributed by atoms with E-state index in [1.165, 1.54) is 31.2 Å². The Labute approximate surface area is 231 Å². The van der Waals surface area contributed by atoms with E-state index in [1.54, 1.807) is 24.3 Å². The number of amides is 2. The van der Waals surface area contributed by atoms with Gasteiger partial charge >= 0.3 is 0 Å². The van der Waals surface area contributed by atoms with E-state index < -0.39 is 28.5 Å². The summed E-state index contributed by atoms with van der Waals surface area (Å²) in [7, 11) is -1.19. The van der Waals surface area contributed by atoms with Crippen molar-refractivity contribution in [3.8, 4) is 5.75 Å². The molecule has 8 nitrogen and oxygen atoms in total. The minimum Gasteiger partial charge on any atom is -0.495 e. The van der Waals surface area contributed by atoms with Crippen LogP contribution in [0.15, 0.2) is 77.7 Å². The summed E-state index contributed by atoms with van der Waals surface area (Å²) in [5, 5.41) is 2.64. The molecule has 0 radical (unpaired) electrons. The molecule has 0 aliphatic carbocycles. The number of sulfonamides is 1. The topological polar surface area (TPSA) is 96.0 Å². The van der Waals surface area contributed by atoms with Gasteiger partial charge in [0.1, 0.15) is 18.3 Å². The Morgan fingerprint density at radius 3 is 2.18 bits per heavy atom. The number of methoxy groups -OCH3 is 1. The fourth-order valence-electron chi connectivity index (χ4n) is 4.41. The smallest absolute Gasteiger partial charge is 0.264 e. The number of nitrogens with zero attached hydrogens (tertiary/aromatic N) is 2. The molecule has 1 atom stereocenters. The number of hydrogen-bond donors (Lipinski definition) is 1. The van der Waals surface area contributed by atoms with E-state index in [0.29, 0.717) is 18.6 Å². The lowest BCUT2D eigenvalue weighted by molar-refractivity contribution is -0.139. The van der Waals surface area contributed by atoms with Crippen molar-refractivity contribution in [1.82, 2.24) is 10.2 Å². The van der Waals surface area contributed by atoms with Crippen LogP contribution in [0.25, 0.3) is 0 Å². The highest BCUT2D eigenvalue weighted by molar-refractivity contribution is 7.92. The van der Waals surface area contributed by atoms with Gasteiger partial charge in [-0.1, -0.05) is 61.0 Å². The summed E-state index contributed by atoms with van der Waals surface area (Å²) in [6.45, 7) is 5.28. The van der Waals surface area contributed by atoms with Gasteiger partial charge in [0, 0.05) is 13.6 Å². The maximum absolute atomic E-state index is 14.0. The number of aryl methyl sites for hydroxylation is 2. The number of ether oxygens (including phenoxy) is 1. The van der Waals surface area contributed by atoms with Crippen molar-refractivity contribution in [3.63, 3.8) is 0 Å². The van der Waals surface area contributed by atoms with Crippen molar-refractivity contribution in [2.75, 3.05) is 31.6 Å². The van der Waals surface area contributed by atoms with E-state index in [1.807, 2.05) is 57.2 Å². The van der Waals surface area contributed by atoms with E-state index in [0.717, 1.165) is 21.0 Å². The van der Waals surface area contributed by atoms with Crippen LogP contribution in [0.4, 0.5) is 5.69 Å². The highest BCUT2D eigenvalue weighted by Gasteiger charge is 2.34. The number of anilines is 1. The molecule has 0 aliphatic rings. The van der Waals surface area contributed by atoms with Crippen LogP contribution in [-0.4, -0.2) is 58.4 Å². The second-order valence-electron chi connectivity index (χ2n) is 9.36. The third-order valence-electron chi connectivity index (χ3n) is 6.61. The third-order valence-corrected chi connectivity index (χ3v) is 8.38. The summed E-state index contributed by atoms with van der Waals surface area (Å²) in [5.41, 5.74) is 2.97. The number of carbonyl (C=O) groups is 2. The van der Waals surface area contributed by atoms with Crippen LogP contribution in [0.1, 0.15) is 30.0 Å². The molecule has 1 N–H and O–H groups in total. The van der Waals surface area contributed by atoms with Crippen LogP contribution in [-0.2, 0) is 26.0 Å². The molecule has 2 amide bonds. The second kappa shape index (κ2) is 13.3. The maximum Gasteiger partial charge on any atom is 0.264 e. The predicted octanol–water partition coefficient (Wildman–Crippen LogP) is 4.10. The molecular weight excluding hydrogens is 514 g/mol. The number of carbonyl (C=O) groups excluding carboxylic acids is 2. The van der Waals surface area contributed by atoms with Crippen molar-refractivity contribution in [1.29, 1.82) is 0 Å². The van der Waals surface area contributed by atoms with Crippen molar-refractivity contribution < 1.29 is 22.7 Å². The standard InChI is InChI=1S/C30H37N3O5S/c1-6-26(30(35)31-4)32(19-18-24-10-8-7-9-11-24)29(34)21-33(27-20-23(3)14-17-28(27)38-5)39(36,37)25-15-12-22(2)13-16-25/h7-17,20,26H,6,18-19,21H2,1-5H3,(H,31,35)/t26-/m1/s1. The summed E-state index contributed by atoms with van der Waals surface area (Å²) in [6, 6.07) is 20.5. The van der Waals surface area contributed by atoms with Gasteiger partial charge in [0.15, 0.2) is 0 Å². The zero-order valence-corrected chi connectivity index (χ0v) is 24.0. The van der Waals surface area contributed by atoms with E-state index in [2.05, 4.69) is 5.32 Å². The van der Waals surface area contributed by atoms with Gasteiger partial charge in [0.05, 0.1) is 17.7 Å². The molecule has 0 unspecified atom stereocenters. The first-order chi connectivity index (χ1) is 18.6. The van der Waals surface area contributed by atoms with Crippen molar-refractivity contribution >= 4 is 27.5 Å². The number of likely N-dealkylation sites (N-methyl/N-ethyl adjacent to an activating group) is 1. The van der Waals surface area contributed by atoms with Crippen molar-refractivity contribution in [3.05, 3.63) is 89.5 Å². The molecule has 0 aromatic heterocycles. The summed E-state index contributed by atoms with van der Waals surface area (Å²) >= 11 is 0. The van der Waals surface area contributed by atoms with Gasteiger partial charge in [-0.25, -0.2) is 8.42 Å². The van der Waals surface area contributed by atoms with Gasteiger partial charge in [-0.3, -0.25) is 13.9 Å². The minimum absolute atomic E-state index is 0.0543. The number of hydrogen-bond acceptors (Lipinski definition) is 5. The lowest BCUT2D eigenvalue weighted by Gasteiger charge is -2.33. The number of rotatable bonds is 12. The Bertz CT molecular complexity index is 1380. The van der Waals surface area contributed by atoms with Gasteiger partial charge in [0.25, 0.3) is 10.0 Å². The molecule has 0 aliphatic heterocycles. The molecule has 3 rings (SSSR count). The Balaban J connectivity index is 2.07. The van der Waals surface area contributed by atoms with Crippen molar-refractivity contribution in [2.45, 2.75) is 44.6 Å². The largest absolute Gasteiger partial charge is 0.495 e. The first-order valence-corrected chi connectivity index (χ1v) is 14.3. The SMILES string of the molecule is CC[C@H](C(=O)NC)N(CCc1ccccc1)C(=O)CN(c1cc(C)ccc1OC)S(=O)(=O)c1ccc(C)cc1. The Kier molecular flexibility index (Phi) is 10.1. The molecule has 3 aromatic carbocycles. The Morgan fingerprint density at radius 2 is 1.59 bits per heavy atom. The fraction of sp³-hybridized carbons (Fsp3) is 0.333. The Morgan fingerprint density at radius 1 is 0.949 bits per heavy atom. The van der Waals surface area contributed by atoms with Gasteiger partial charge in [-0.2, -0.15) is 0 Å². The molecule has 0 spiro atoms. The summed E-state index contributed by atoms with van der Waals surface area (Å²) < 4.78 is 34.6. The van der Waals surface area contributed by atoms with E-state index in [9.17, 15) is 18.0 Å². The zero-order chi connectivity index (χ0) is 28.6. The van der Waals surface area contributed by atoms with Crippen LogP contribution < -0.4 is 14.4 Å². The van der Waals surface area contributed by atoms with Crippen LogP contribution in [0.2, 0.25) is 0 Å². The molecule has 0 saturated carbocycles. The Hall–Kier alpha value is -3.85. The number of nitrogens with one attached hydrogen (secondary N) is 1. The molecule has 208 valence electrons. The van der Waals surface area contributed by atoms with E-state index >= 15 is 0 Å². The summed E-state index contributed by atoms with van der Waals surface area (Å²) in [5.74, 6) is -0.473. The molecule has 0 saturated heterocycles. The van der Waals surface area contributed by atoms with Crippen LogP contribution in [0.3, 0.4) is 0 Å². The summed E-state index contributed by atoms with van der Waals surface area (Å²) in [6.07, 6.45) is 0.886. The van der Waals surface area contributed by atoms with Crippen LogP contribution in [0.5, 0.6) is 5.75 Å². The first-order valence-electron chi connectivity index (χ1n) is 12.9. The number of benzene rings is 3. The van der Waals surface area contributed by atoms with Gasteiger partial charge in [-0.15, -0.1) is 0 Å². The zero-order valence-electron chi connectivity index (χ0n) is 23.2. The molecule has 0 heterocycles. The van der Waals surface area contributed by atoms with E-state index in [-0.39, 0.29) is 23.0 Å². The van der Waals surface area contributed by atoms with Gasteiger partial charge in [-0.05, 0) is 62.1 Å². The fourth-order valence-corrected chi connectivity index (χ4v) is 5.82. The quantitative estimate of drug-likeness (QED) is 0.366. The maximum atomic E-state index is 14.0. The first kappa shape index (κ1) is 29.7. The lowest BCUT2D eigenvalue weighted by Crippen LogP contribution is -2.52. The molecule has 9 heteroatoms. The highest BCUT2D eigenvalue weighted by Crippen LogP contribution is 2.33. The van der Waals surface area contributed by atoms with Crippen LogP contribution in [0, 0.1) is 13.8 Å². The molecule has 3 aromatic rings. The lowest BCUT2D eigenvalue weighted by atomic mass is 10.1. The molecule has 0 fully saturated rings. The molecule has 0 bridgehead atoms.